The van der Waals surface area contributed by atoms with E-state index < -0.39 is 0 Å². The summed E-state index contributed by atoms with van der Waals surface area (Å²) in [5.41, 5.74) is 0. The highest BCUT2D eigenvalue weighted by Gasteiger charge is 2.30. The summed E-state index contributed by atoms with van der Waals surface area (Å²) in [6, 6.07) is 0. The average molecular weight is 180 g/mol. The van der Waals surface area contributed by atoms with E-state index in [1.807, 2.05) is 6.08 Å². The van der Waals surface area contributed by atoms with Gasteiger partial charge in [-0.1, -0.05) is 13.0 Å². The number of allylic oxidation sites excluding steroid dienone is 2. The zero-order valence-electron chi connectivity index (χ0n) is 8.19. The minimum atomic E-state index is 0.558. The molecule has 0 aromatic carbocycles. The first-order chi connectivity index (χ1) is 6.31. The van der Waals surface area contributed by atoms with Crippen molar-refractivity contribution in [2.24, 2.45) is 17.8 Å². The molecule has 1 saturated heterocycles. The molecular weight excluding hydrogens is 164 g/mol. The van der Waals surface area contributed by atoms with Crippen molar-refractivity contribution in [2.75, 3.05) is 20.3 Å². The minimum absolute atomic E-state index is 0.558. The molecule has 2 unspecified atom stereocenters. The number of rotatable bonds is 1. The van der Waals surface area contributed by atoms with Gasteiger partial charge >= 0.3 is 0 Å². The first-order valence-corrected chi connectivity index (χ1v) is 4.83. The van der Waals surface area contributed by atoms with Gasteiger partial charge in [0.05, 0.1) is 13.7 Å². The van der Waals surface area contributed by atoms with E-state index in [0.717, 1.165) is 19.0 Å². The highest BCUT2D eigenvalue weighted by Crippen LogP contribution is 2.33. The van der Waals surface area contributed by atoms with E-state index in [4.69, 9.17) is 9.47 Å². The first kappa shape index (κ1) is 8.82. The van der Waals surface area contributed by atoms with Gasteiger partial charge in [0.1, 0.15) is 5.76 Å². The third kappa shape index (κ3) is 1.63. The average Bonchev–Trinajstić information content (AvgIpc) is 2.18. The number of fused-ring (bicyclic) bond motifs is 1. The second kappa shape index (κ2) is 3.54. The van der Waals surface area contributed by atoms with Crippen molar-refractivity contribution in [3.8, 4) is 0 Å². The monoisotopic (exact) mass is 180 g/mol. The molecule has 0 N–H and O–H groups in total. The summed E-state index contributed by atoms with van der Waals surface area (Å²) in [5.74, 6) is 2.76. The molecule has 1 aliphatic heterocycles. The smallest absolute Gasteiger partial charge is 0.114 e. The van der Waals surface area contributed by atoms with E-state index in [9.17, 15) is 0 Å². The van der Waals surface area contributed by atoms with E-state index in [2.05, 4.69) is 19.1 Å². The van der Waals surface area contributed by atoms with Crippen molar-refractivity contribution in [1.29, 1.82) is 0 Å². The fraction of sp³-hybridized carbons (Fsp3) is 0.636. The van der Waals surface area contributed by atoms with Crippen LogP contribution in [-0.4, -0.2) is 20.3 Å². The van der Waals surface area contributed by atoms with Crippen LogP contribution in [0, 0.1) is 17.8 Å². The van der Waals surface area contributed by atoms with Crippen molar-refractivity contribution in [3.63, 3.8) is 0 Å². The number of hydrogen-bond acceptors (Lipinski definition) is 2. The molecule has 0 aromatic heterocycles. The van der Waals surface area contributed by atoms with Crippen LogP contribution in [0.5, 0.6) is 0 Å². The van der Waals surface area contributed by atoms with Gasteiger partial charge in [0.25, 0.3) is 0 Å². The van der Waals surface area contributed by atoms with Gasteiger partial charge in [0.15, 0.2) is 0 Å². The number of hydrogen-bond donors (Lipinski definition) is 0. The van der Waals surface area contributed by atoms with Gasteiger partial charge < -0.3 is 9.47 Å². The quantitative estimate of drug-likeness (QED) is 0.614. The van der Waals surface area contributed by atoms with E-state index in [-0.39, 0.29) is 0 Å². The molecule has 1 fully saturated rings. The van der Waals surface area contributed by atoms with Gasteiger partial charge in [-0.3, -0.25) is 0 Å². The molecule has 1 aliphatic carbocycles. The second-order valence-electron chi connectivity index (χ2n) is 3.89. The molecular formula is C11H16O2. The molecule has 2 aliphatic rings. The van der Waals surface area contributed by atoms with Crippen LogP contribution in [0.1, 0.15) is 6.92 Å². The molecule has 1 heterocycles. The molecule has 2 rings (SSSR count). The Hall–Kier alpha value is -0.760. The van der Waals surface area contributed by atoms with Crippen molar-refractivity contribution in [2.45, 2.75) is 6.92 Å². The number of methoxy groups -OCH3 is 1. The zero-order chi connectivity index (χ0) is 9.26. The van der Waals surface area contributed by atoms with Gasteiger partial charge in [-0.2, -0.15) is 0 Å². The molecule has 0 amide bonds. The summed E-state index contributed by atoms with van der Waals surface area (Å²) in [6.45, 7) is 3.97. The summed E-state index contributed by atoms with van der Waals surface area (Å²) in [6.07, 6.45) is 6.49. The Morgan fingerprint density at radius 3 is 3.08 bits per heavy atom. The van der Waals surface area contributed by atoms with Crippen LogP contribution in [0.4, 0.5) is 0 Å². The van der Waals surface area contributed by atoms with Crippen LogP contribution in [0.2, 0.25) is 0 Å². The highest BCUT2D eigenvalue weighted by atomic mass is 16.5. The van der Waals surface area contributed by atoms with Gasteiger partial charge in [-0.15, -0.1) is 0 Å². The van der Waals surface area contributed by atoms with Gasteiger partial charge in [-0.05, 0) is 24.0 Å². The molecule has 2 nitrogen and oxygen atoms in total. The maximum Gasteiger partial charge on any atom is 0.114 e. The summed E-state index contributed by atoms with van der Waals surface area (Å²) in [7, 11) is 1.72. The molecule has 0 saturated carbocycles. The van der Waals surface area contributed by atoms with Crippen LogP contribution in [0.25, 0.3) is 0 Å². The molecule has 0 spiro atoms. The lowest BCUT2D eigenvalue weighted by Gasteiger charge is -2.35. The molecule has 72 valence electrons. The third-order valence-electron chi connectivity index (χ3n) is 2.94. The summed E-state index contributed by atoms with van der Waals surface area (Å²) in [4.78, 5) is 0. The molecule has 0 radical (unpaired) electrons. The minimum Gasteiger partial charge on any atom is -0.497 e. The fourth-order valence-electron chi connectivity index (χ4n) is 2.11. The number of ether oxygens (including phenoxy) is 2. The van der Waals surface area contributed by atoms with Crippen molar-refractivity contribution >= 4 is 0 Å². The Morgan fingerprint density at radius 1 is 1.46 bits per heavy atom. The third-order valence-corrected chi connectivity index (χ3v) is 2.94. The van der Waals surface area contributed by atoms with Gasteiger partial charge in [-0.25, -0.2) is 0 Å². The van der Waals surface area contributed by atoms with E-state index in [1.54, 1.807) is 7.11 Å². The highest BCUT2D eigenvalue weighted by molar-refractivity contribution is 5.21. The lowest BCUT2D eigenvalue weighted by atomic mass is 9.78. The predicted octanol–water partition coefficient (Wildman–Crippen LogP) is 1.99. The maximum atomic E-state index is 5.50. The first-order valence-electron chi connectivity index (χ1n) is 4.83. The Bertz CT molecular complexity index is 242. The fourth-order valence-corrected chi connectivity index (χ4v) is 2.11. The molecule has 13 heavy (non-hydrogen) atoms. The summed E-state index contributed by atoms with van der Waals surface area (Å²) >= 11 is 0. The topological polar surface area (TPSA) is 18.5 Å². The SMILES string of the molecule is COC1=CC2C(C=C1)COC[C@H]2C. The predicted molar refractivity (Wildman–Crippen MR) is 51.2 cm³/mol. The Kier molecular flexibility index (Phi) is 2.40. The van der Waals surface area contributed by atoms with E-state index >= 15 is 0 Å². The van der Waals surface area contributed by atoms with Crippen LogP contribution < -0.4 is 0 Å². The lowest BCUT2D eigenvalue weighted by Crippen LogP contribution is -2.33. The lowest BCUT2D eigenvalue weighted by molar-refractivity contribution is 0.00799. The second-order valence-corrected chi connectivity index (χ2v) is 3.89. The van der Waals surface area contributed by atoms with Crippen molar-refractivity contribution < 1.29 is 9.47 Å². The van der Waals surface area contributed by atoms with Crippen LogP contribution >= 0.6 is 0 Å². The molecule has 0 bridgehead atoms. The van der Waals surface area contributed by atoms with Crippen molar-refractivity contribution in [3.05, 3.63) is 24.0 Å². The van der Waals surface area contributed by atoms with E-state index in [0.29, 0.717) is 17.8 Å². The largest absolute Gasteiger partial charge is 0.497 e. The Labute approximate surface area is 79.2 Å². The standard InChI is InChI=1S/C11H16O2/c1-8-6-13-7-9-3-4-10(12-2)5-11(8)9/h3-5,8-9,11H,6-7H2,1-2H3/t8-,9?,11?/m1/s1. The normalized spacial score (nSPS) is 38.0. The van der Waals surface area contributed by atoms with Crippen LogP contribution in [0.3, 0.4) is 0 Å². The van der Waals surface area contributed by atoms with Gasteiger partial charge in [0.2, 0.25) is 0 Å². The zero-order valence-corrected chi connectivity index (χ0v) is 8.19. The van der Waals surface area contributed by atoms with Gasteiger partial charge in [0, 0.05) is 12.5 Å². The summed E-state index contributed by atoms with van der Waals surface area (Å²) in [5, 5.41) is 0. The van der Waals surface area contributed by atoms with Crippen LogP contribution in [0.15, 0.2) is 24.0 Å². The van der Waals surface area contributed by atoms with E-state index in [1.165, 1.54) is 0 Å². The van der Waals surface area contributed by atoms with Crippen LogP contribution in [-0.2, 0) is 9.47 Å². The summed E-state index contributed by atoms with van der Waals surface area (Å²) < 4.78 is 10.7. The molecule has 3 atom stereocenters. The maximum absolute atomic E-state index is 5.50. The molecule has 2 heteroatoms. The molecule has 0 aromatic rings. The Balaban J connectivity index is 2.15. The Morgan fingerprint density at radius 2 is 2.31 bits per heavy atom. The van der Waals surface area contributed by atoms with Crippen molar-refractivity contribution in [1.82, 2.24) is 0 Å².